The Hall–Kier alpha value is -4.27. The Morgan fingerprint density at radius 3 is 2.93 bits per heavy atom. The number of carbonyl (C=O) groups excluding carboxylic acids is 1. The van der Waals surface area contributed by atoms with Gasteiger partial charge < -0.3 is 15.0 Å². The van der Waals surface area contributed by atoms with E-state index in [0.29, 0.717) is 40.8 Å². The maximum absolute atomic E-state index is 12.0. The van der Waals surface area contributed by atoms with Crippen molar-refractivity contribution in [3.05, 3.63) is 66.7 Å². The second-order valence-corrected chi connectivity index (χ2v) is 6.50. The molecule has 9 heteroatoms. The molecule has 30 heavy (non-hydrogen) atoms. The fraction of sp³-hybridized carbons (Fsp3) is 0.0952. The van der Waals surface area contributed by atoms with Crippen LogP contribution in [0.5, 0.6) is 0 Å². The Morgan fingerprint density at radius 1 is 1.13 bits per heavy atom. The summed E-state index contributed by atoms with van der Waals surface area (Å²) >= 11 is 0. The third-order valence-corrected chi connectivity index (χ3v) is 4.58. The van der Waals surface area contributed by atoms with Crippen molar-refractivity contribution >= 4 is 39.8 Å². The first-order valence-corrected chi connectivity index (χ1v) is 9.40. The van der Waals surface area contributed by atoms with Gasteiger partial charge in [0, 0.05) is 5.69 Å². The van der Waals surface area contributed by atoms with E-state index in [1.807, 2.05) is 34.9 Å². The highest BCUT2D eigenvalue weighted by Crippen LogP contribution is 2.24. The van der Waals surface area contributed by atoms with Gasteiger partial charge in [0.05, 0.1) is 29.5 Å². The number of H-pyrrole nitrogens is 1. The average Bonchev–Trinajstić information content (AvgIpc) is 3.40. The summed E-state index contributed by atoms with van der Waals surface area (Å²) < 4.78 is 6.95. The minimum atomic E-state index is -0.379. The molecule has 0 saturated carbocycles. The van der Waals surface area contributed by atoms with E-state index in [4.69, 9.17) is 4.74 Å². The molecule has 0 aliphatic rings. The van der Waals surface area contributed by atoms with Crippen molar-refractivity contribution in [2.24, 2.45) is 0 Å². The lowest BCUT2D eigenvalue weighted by molar-refractivity contribution is 0.0526. The number of nitrogens with zero attached hydrogens (tertiary/aromatic N) is 5. The molecule has 0 spiro atoms. The highest BCUT2D eigenvalue weighted by molar-refractivity contribution is 5.91. The largest absolute Gasteiger partial charge is 0.462 e. The second kappa shape index (κ2) is 7.28. The highest BCUT2D eigenvalue weighted by Gasteiger charge is 2.15. The SMILES string of the molecule is CCOC(=O)c1cccc(Nc2nc(-n3cnc4ccccc43)c3[nH]cnc3n2)c1. The van der Waals surface area contributed by atoms with E-state index in [-0.39, 0.29) is 5.97 Å². The highest BCUT2D eigenvalue weighted by atomic mass is 16.5. The van der Waals surface area contributed by atoms with Crippen molar-refractivity contribution in [3.63, 3.8) is 0 Å². The van der Waals surface area contributed by atoms with Crippen LogP contribution in [0.25, 0.3) is 28.0 Å². The third-order valence-electron chi connectivity index (χ3n) is 4.58. The van der Waals surface area contributed by atoms with Crippen LogP contribution in [0.15, 0.2) is 61.2 Å². The van der Waals surface area contributed by atoms with E-state index in [9.17, 15) is 4.79 Å². The summed E-state index contributed by atoms with van der Waals surface area (Å²) in [6.45, 7) is 2.09. The van der Waals surface area contributed by atoms with E-state index < -0.39 is 0 Å². The molecule has 0 atom stereocenters. The zero-order valence-electron chi connectivity index (χ0n) is 16.0. The first-order chi connectivity index (χ1) is 14.7. The number of fused-ring (bicyclic) bond motifs is 2. The van der Waals surface area contributed by atoms with Gasteiger partial charge in [0.15, 0.2) is 11.5 Å². The molecule has 0 unspecified atom stereocenters. The van der Waals surface area contributed by atoms with Gasteiger partial charge in [-0.3, -0.25) is 4.57 Å². The van der Waals surface area contributed by atoms with Gasteiger partial charge in [0.25, 0.3) is 0 Å². The van der Waals surface area contributed by atoms with Gasteiger partial charge >= 0.3 is 5.97 Å². The normalized spacial score (nSPS) is 11.1. The van der Waals surface area contributed by atoms with Gasteiger partial charge in [0.2, 0.25) is 5.95 Å². The van der Waals surface area contributed by atoms with Gasteiger partial charge in [-0.2, -0.15) is 9.97 Å². The number of para-hydroxylation sites is 2. The van der Waals surface area contributed by atoms with E-state index in [1.54, 1.807) is 37.8 Å². The summed E-state index contributed by atoms with van der Waals surface area (Å²) in [6.07, 6.45) is 3.30. The van der Waals surface area contributed by atoms with Crippen LogP contribution in [0.4, 0.5) is 11.6 Å². The first kappa shape index (κ1) is 17.8. The van der Waals surface area contributed by atoms with Gasteiger partial charge in [-0.05, 0) is 37.3 Å². The molecular formula is C21H17N7O2. The lowest BCUT2D eigenvalue weighted by Gasteiger charge is -2.10. The van der Waals surface area contributed by atoms with Crippen molar-refractivity contribution < 1.29 is 9.53 Å². The molecule has 5 aromatic rings. The van der Waals surface area contributed by atoms with E-state index in [2.05, 4.69) is 30.2 Å². The number of ether oxygens (including phenoxy) is 1. The number of hydrogen-bond donors (Lipinski definition) is 2. The van der Waals surface area contributed by atoms with Crippen molar-refractivity contribution in [2.45, 2.75) is 6.92 Å². The van der Waals surface area contributed by atoms with E-state index >= 15 is 0 Å². The Morgan fingerprint density at radius 2 is 2.03 bits per heavy atom. The molecule has 148 valence electrons. The van der Waals surface area contributed by atoms with Crippen molar-refractivity contribution in [1.82, 2.24) is 29.5 Å². The molecule has 0 aliphatic heterocycles. The fourth-order valence-corrected chi connectivity index (χ4v) is 3.24. The number of carbonyl (C=O) groups is 1. The minimum absolute atomic E-state index is 0.317. The molecule has 3 heterocycles. The Kier molecular flexibility index (Phi) is 4.32. The van der Waals surface area contributed by atoms with Gasteiger partial charge in [-0.1, -0.05) is 18.2 Å². The number of esters is 1. The maximum Gasteiger partial charge on any atom is 0.338 e. The number of aromatic amines is 1. The second-order valence-electron chi connectivity index (χ2n) is 6.50. The first-order valence-electron chi connectivity index (χ1n) is 9.40. The Labute approximate surface area is 170 Å². The molecule has 9 nitrogen and oxygen atoms in total. The number of imidazole rings is 2. The third kappa shape index (κ3) is 3.12. The summed E-state index contributed by atoms with van der Waals surface area (Å²) in [5.74, 6) is 0.592. The van der Waals surface area contributed by atoms with Crippen LogP contribution < -0.4 is 5.32 Å². The molecule has 2 N–H and O–H groups in total. The average molecular weight is 399 g/mol. The number of benzene rings is 2. The summed E-state index contributed by atoms with van der Waals surface area (Å²) in [5, 5.41) is 3.16. The zero-order chi connectivity index (χ0) is 20.5. The molecule has 0 amide bonds. The predicted molar refractivity (Wildman–Crippen MR) is 112 cm³/mol. The quantitative estimate of drug-likeness (QED) is 0.434. The van der Waals surface area contributed by atoms with Crippen LogP contribution in [-0.4, -0.2) is 42.1 Å². The number of rotatable bonds is 5. The Balaban J connectivity index is 1.57. The molecule has 0 radical (unpaired) electrons. The van der Waals surface area contributed by atoms with Crippen LogP contribution in [0.2, 0.25) is 0 Å². The smallest absolute Gasteiger partial charge is 0.338 e. The lowest BCUT2D eigenvalue weighted by Crippen LogP contribution is -2.06. The Bertz CT molecular complexity index is 1370. The molecule has 0 fully saturated rings. The van der Waals surface area contributed by atoms with Crippen molar-refractivity contribution in [2.75, 3.05) is 11.9 Å². The molecule has 0 bridgehead atoms. The van der Waals surface area contributed by atoms with Crippen LogP contribution in [-0.2, 0) is 4.74 Å². The molecular weight excluding hydrogens is 382 g/mol. The summed E-state index contributed by atoms with van der Waals surface area (Å²) in [5.41, 5.74) is 4.11. The number of anilines is 2. The zero-order valence-corrected chi connectivity index (χ0v) is 16.0. The molecule has 0 aliphatic carbocycles. The van der Waals surface area contributed by atoms with E-state index in [0.717, 1.165) is 11.0 Å². The molecule has 5 rings (SSSR count). The van der Waals surface area contributed by atoms with Crippen LogP contribution >= 0.6 is 0 Å². The predicted octanol–water partition coefficient (Wildman–Crippen LogP) is 3.61. The number of hydrogen-bond acceptors (Lipinski definition) is 7. The summed E-state index contributed by atoms with van der Waals surface area (Å²) in [6, 6.07) is 14.8. The van der Waals surface area contributed by atoms with Gasteiger partial charge in [0.1, 0.15) is 11.8 Å². The number of nitrogens with one attached hydrogen (secondary N) is 2. The van der Waals surface area contributed by atoms with Crippen LogP contribution in [0, 0.1) is 0 Å². The van der Waals surface area contributed by atoms with E-state index in [1.165, 1.54) is 0 Å². The van der Waals surface area contributed by atoms with Crippen molar-refractivity contribution in [3.8, 4) is 5.82 Å². The number of aromatic nitrogens is 6. The van der Waals surface area contributed by atoms with Gasteiger partial charge in [-0.15, -0.1) is 0 Å². The minimum Gasteiger partial charge on any atom is -0.462 e. The topological polar surface area (TPSA) is 111 Å². The van der Waals surface area contributed by atoms with Crippen LogP contribution in [0.1, 0.15) is 17.3 Å². The maximum atomic E-state index is 12.0. The monoisotopic (exact) mass is 399 g/mol. The summed E-state index contributed by atoms with van der Waals surface area (Å²) in [4.78, 5) is 33.0. The lowest BCUT2D eigenvalue weighted by atomic mass is 10.2. The van der Waals surface area contributed by atoms with Gasteiger partial charge in [-0.25, -0.2) is 14.8 Å². The molecule has 0 saturated heterocycles. The van der Waals surface area contributed by atoms with Crippen LogP contribution in [0.3, 0.4) is 0 Å². The fourth-order valence-electron chi connectivity index (χ4n) is 3.24. The summed E-state index contributed by atoms with van der Waals surface area (Å²) in [7, 11) is 0. The standard InChI is InChI=1S/C21H17N7O2/c1-2-30-20(29)13-6-5-7-14(10-13)25-21-26-18-17(22-11-23-18)19(27-21)28-12-24-15-8-3-4-9-16(15)28/h3-12H,2H2,1H3,(H2,22,23,25,26,27). The molecule has 3 aromatic heterocycles. The molecule has 2 aromatic carbocycles. The van der Waals surface area contributed by atoms with Crippen molar-refractivity contribution in [1.29, 1.82) is 0 Å².